The largest absolute Gasteiger partial charge is 0.343 e. The normalized spacial score (nSPS) is 14.5. The van der Waals surface area contributed by atoms with Crippen molar-refractivity contribution in [2.75, 3.05) is 11.4 Å². The molecule has 0 bridgehead atoms. The van der Waals surface area contributed by atoms with Crippen LogP contribution in [-0.4, -0.2) is 21.5 Å². The molecule has 1 aliphatic rings. The van der Waals surface area contributed by atoms with Gasteiger partial charge in [0.1, 0.15) is 9.34 Å². The van der Waals surface area contributed by atoms with Gasteiger partial charge in [0, 0.05) is 13.1 Å². The number of anilines is 1. The van der Waals surface area contributed by atoms with Crippen LogP contribution in [0.2, 0.25) is 0 Å². The lowest BCUT2D eigenvalue weighted by atomic mass is 10.0. The van der Waals surface area contributed by atoms with Crippen LogP contribution in [0.3, 0.4) is 0 Å². The van der Waals surface area contributed by atoms with Crippen molar-refractivity contribution in [2.24, 2.45) is 0 Å². The van der Waals surface area contributed by atoms with E-state index < -0.39 is 0 Å². The summed E-state index contributed by atoms with van der Waals surface area (Å²) in [7, 11) is 0. The molecule has 0 fully saturated rings. The monoisotopic (exact) mass is 300 g/mol. The van der Waals surface area contributed by atoms with Gasteiger partial charge in [0.2, 0.25) is 0 Å². The molecule has 0 atom stereocenters. The van der Waals surface area contributed by atoms with Crippen molar-refractivity contribution in [3.8, 4) is 0 Å². The van der Waals surface area contributed by atoms with E-state index >= 15 is 0 Å². The SMILES string of the molecule is S=c1nc[nH]c2nc(N3CCc4ccccc4C3)sc12. The smallest absolute Gasteiger partial charge is 0.188 e. The summed E-state index contributed by atoms with van der Waals surface area (Å²) in [5, 5.41) is 1.02. The fourth-order valence-electron chi connectivity index (χ4n) is 2.56. The molecule has 2 aromatic heterocycles. The van der Waals surface area contributed by atoms with E-state index in [1.54, 1.807) is 17.7 Å². The standard InChI is InChI=1S/C14H12N4S2/c19-13-11-12(15-8-16-13)17-14(20-11)18-6-5-9-3-1-2-4-10(9)7-18/h1-4,8H,5-7H2,(H,15,16,19). The van der Waals surface area contributed by atoms with E-state index in [1.807, 2.05) is 0 Å². The number of nitrogens with zero attached hydrogens (tertiary/aromatic N) is 3. The number of thiazole rings is 1. The van der Waals surface area contributed by atoms with Gasteiger partial charge in [-0.1, -0.05) is 47.8 Å². The minimum absolute atomic E-state index is 0.625. The Labute approximate surface area is 125 Å². The number of fused-ring (bicyclic) bond motifs is 2. The highest BCUT2D eigenvalue weighted by atomic mass is 32.1. The van der Waals surface area contributed by atoms with Crippen LogP contribution in [0.5, 0.6) is 0 Å². The molecule has 0 saturated carbocycles. The van der Waals surface area contributed by atoms with Gasteiger partial charge in [-0.2, -0.15) is 0 Å². The van der Waals surface area contributed by atoms with E-state index in [4.69, 9.17) is 12.2 Å². The van der Waals surface area contributed by atoms with Crippen LogP contribution in [0.1, 0.15) is 11.1 Å². The fraction of sp³-hybridized carbons (Fsp3) is 0.214. The van der Waals surface area contributed by atoms with Gasteiger partial charge in [-0.3, -0.25) is 0 Å². The summed E-state index contributed by atoms with van der Waals surface area (Å²) in [4.78, 5) is 14.1. The molecule has 0 aliphatic carbocycles. The number of rotatable bonds is 1. The van der Waals surface area contributed by atoms with Crippen LogP contribution in [-0.2, 0) is 13.0 Å². The van der Waals surface area contributed by atoms with E-state index in [9.17, 15) is 0 Å². The van der Waals surface area contributed by atoms with Crippen LogP contribution in [0.25, 0.3) is 10.3 Å². The molecule has 3 heterocycles. The summed E-state index contributed by atoms with van der Waals surface area (Å²) < 4.78 is 1.59. The number of hydrogen-bond donors (Lipinski definition) is 1. The van der Waals surface area contributed by atoms with Gasteiger partial charge in [0.25, 0.3) is 0 Å². The summed E-state index contributed by atoms with van der Waals surface area (Å²) >= 11 is 6.87. The summed E-state index contributed by atoms with van der Waals surface area (Å²) in [5.41, 5.74) is 3.67. The minimum atomic E-state index is 0.625. The van der Waals surface area contributed by atoms with Gasteiger partial charge in [-0.25, -0.2) is 9.97 Å². The second-order valence-corrected chi connectivity index (χ2v) is 6.19. The Morgan fingerprint density at radius 1 is 1.25 bits per heavy atom. The van der Waals surface area contributed by atoms with Crippen LogP contribution in [0, 0.1) is 4.64 Å². The Balaban J connectivity index is 1.74. The Morgan fingerprint density at radius 3 is 2.95 bits per heavy atom. The molecule has 0 spiro atoms. The average molecular weight is 300 g/mol. The molecule has 4 rings (SSSR count). The van der Waals surface area contributed by atoms with E-state index in [1.165, 1.54) is 11.1 Å². The molecule has 0 saturated heterocycles. The van der Waals surface area contributed by atoms with Crippen molar-refractivity contribution in [3.63, 3.8) is 0 Å². The minimum Gasteiger partial charge on any atom is -0.343 e. The average Bonchev–Trinajstić information content (AvgIpc) is 2.92. The zero-order valence-electron chi connectivity index (χ0n) is 10.7. The lowest BCUT2D eigenvalue weighted by molar-refractivity contribution is 0.729. The predicted octanol–water partition coefficient (Wildman–Crippen LogP) is 3.31. The van der Waals surface area contributed by atoms with Crippen LogP contribution in [0.15, 0.2) is 30.6 Å². The number of H-pyrrole nitrogens is 1. The summed E-state index contributed by atoms with van der Waals surface area (Å²) in [6, 6.07) is 8.61. The van der Waals surface area contributed by atoms with Gasteiger partial charge < -0.3 is 9.88 Å². The van der Waals surface area contributed by atoms with Gasteiger partial charge >= 0.3 is 0 Å². The van der Waals surface area contributed by atoms with E-state index in [0.29, 0.717) is 4.64 Å². The van der Waals surface area contributed by atoms with Crippen molar-refractivity contribution in [1.82, 2.24) is 15.0 Å². The van der Waals surface area contributed by atoms with Crippen molar-refractivity contribution < 1.29 is 0 Å². The van der Waals surface area contributed by atoms with Crippen molar-refractivity contribution >= 4 is 39.0 Å². The second kappa shape index (κ2) is 4.64. The highest BCUT2D eigenvalue weighted by Crippen LogP contribution is 2.31. The Bertz CT molecular complexity index is 836. The number of nitrogens with one attached hydrogen (secondary N) is 1. The molecular formula is C14H12N4S2. The number of hydrogen-bond acceptors (Lipinski definition) is 5. The number of aromatic nitrogens is 3. The maximum atomic E-state index is 5.25. The second-order valence-electron chi connectivity index (χ2n) is 4.82. The predicted molar refractivity (Wildman–Crippen MR) is 83.8 cm³/mol. The fourth-order valence-corrected chi connectivity index (χ4v) is 3.78. The van der Waals surface area contributed by atoms with E-state index in [0.717, 1.165) is 35.0 Å². The maximum Gasteiger partial charge on any atom is 0.188 e. The first-order chi connectivity index (χ1) is 9.81. The van der Waals surface area contributed by atoms with E-state index in [-0.39, 0.29) is 0 Å². The molecular weight excluding hydrogens is 288 g/mol. The van der Waals surface area contributed by atoms with Gasteiger partial charge in [-0.05, 0) is 17.5 Å². The van der Waals surface area contributed by atoms with Gasteiger partial charge in [0.15, 0.2) is 10.8 Å². The molecule has 0 radical (unpaired) electrons. The zero-order chi connectivity index (χ0) is 13.5. The van der Waals surface area contributed by atoms with Crippen LogP contribution in [0.4, 0.5) is 5.13 Å². The summed E-state index contributed by atoms with van der Waals surface area (Å²) in [6.45, 7) is 1.91. The summed E-state index contributed by atoms with van der Waals surface area (Å²) in [6.07, 6.45) is 2.68. The highest BCUT2D eigenvalue weighted by Gasteiger charge is 2.19. The number of benzene rings is 1. The molecule has 100 valence electrons. The third kappa shape index (κ3) is 1.92. The molecule has 0 amide bonds. The third-order valence-corrected chi connectivity index (χ3v) is 5.16. The topological polar surface area (TPSA) is 44.8 Å². The first-order valence-corrected chi connectivity index (χ1v) is 7.70. The molecule has 1 aliphatic heterocycles. The molecule has 4 nitrogen and oxygen atoms in total. The van der Waals surface area contributed by atoms with Crippen molar-refractivity contribution in [2.45, 2.75) is 13.0 Å². The molecule has 0 unspecified atom stereocenters. The van der Waals surface area contributed by atoms with Crippen molar-refractivity contribution in [3.05, 3.63) is 46.4 Å². The lowest BCUT2D eigenvalue weighted by Crippen LogP contribution is -2.30. The lowest BCUT2D eigenvalue weighted by Gasteiger charge is -2.28. The molecule has 1 N–H and O–H groups in total. The first-order valence-electron chi connectivity index (χ1n) is 6.47. The van der Waals surface area contributed by atoms with E-state index in [2.05, 4.69) is 44.1 Å². The number of aromatic amines is 1. The Hall–Kier alpha value is -1.79. The Kier molecular flexibility index (Phi) is 2.78. The highest BCUT2D eigenvalue weighted by molar-refractivity contribution is 7.71. The molecule has 20 heavy (non-hydrogen) atoms. The van der Waals surface area contributed by atoms with Crippen molar-refractivity contribution in [1.29, 1.82) is 0 Å². The molecule has 3 aromatic rings. The third-order valence-electron chi connectivity index (χ3n) is 3.59. The molecule has 6 heteroatoms. The quantitative estimate of drug-likeness (QED) is 0.700. The maximum absolute atomic E-state index is 5.25. The van der Waals surface area contributed by atoms with Crippen LogP contribution >= 0.6 is 23.6 Å². The van der Waals surface area contributed by atoms with Gasteiger partial charge in [0.05, 0.1) is 6.33 Å². The summed E-state index contributed by atoms with van der Waals surface area (Å²) in [5.74, 6) is 0. The first kappa shape index (κ1) is 12.0. The zero-order valence-corrected chi connectivity index (χ0v) is 12.3. The van der Waals surface area contributed by atoms with Gasteiger partial charge in [-0.15, -0.1) is 0 Å². The molecule has 1 aromatic carbocycles. The Morgan fingerprint density at radius 2 is 2.10 bits per heavy atom. The van der Waals surface area contributed by atoms with Crippen LogP contribution < -0.4 is 4.90 Å².